The molecule has 0 atom stereocenters. The van der Waals surface area contributed by atoms with E-state index in [4.69, 9.17) is 5.73 Å². The number of benzene rings is 2. The Morgan fingerprint density at radius 2 is 1.62 bits per heavy atom. The molecule has 2 aromatic carbocycles. The van der Waals surface area contributed by atoms with Crippen molar-refractivity contribution in [3.8, 4) is 0 Å². The van der Waals surface area contributed by atoms with Crippen molar-refractivity contribution in [2.24, 2.45) is 0 Å². The number of nitrogens with zero attached hydrogens (tertiary/aromatic N) is 1. The molecule has 0 radical (unpaired) electrons. The van der Waals surface area contributed by atoms with Gasteiger partial charge in [0, 0.05) is 35.6 Å². The van der Waals surface area contributed by atoms with Crippen molar-refractivity contribution in [3.05, 3.63) is 58.1 Å². The van der Waals surface area contributed by atoms with E-state index in [0.29, 0.717) is 40.2 Å². The molecule has 2 aromatic rings. The second kappa shape index (κ2) is 6.09. The molecule has 0 saturated carbocycles. The number of fused-ring (bicyclic) bond motifs is 2. The number of ketones is 2. The first kappa shape index (κ1) is 16.2. The second-order valence-electron chi connectivity index (χ2n) is 6.34. The Morgan fingerprint density at radius 1 is 1.04 bits per heavy atom. The van der Waals surface area contributed by atoms with E-state index in [-0.39, 0.29) is 11.6 Å². The van der Waals surface area contributed by atoms with Crippen LogP contribution < -0.4 is 11.1 Å². The molecule has 3 N–H and O–H groups in total. The molecule has 0 saturated heterocycles. The van der Waals surface area contributed by atoms with E-state index in [1.54, 1.807) is 24.3 Å². The van der Waals surface area contributed by atoms with Gasteiger partial charge in [-0.1, -0.05) is 24.3 Å². The van der Waals surface area contributed by atoms with Gasteiger partial charge in [0.25, 0.3) is 0 Å². The number of hydrogen-bond acceptors (Lipinski definition) is 5. The molecule has 24 heavy (non-hydrogen) atoms. The predicted molar refractivity (Wildman–Crippen MR) is 95.9 cm³/mol. The van der Waals surface area contributed by atoms with Gasteiger partial charge >= 0.3 is 0 Å². The molecule has 0 amide bonds. The summed E-state index contributed by atoms with van der Waals surface area (Å²) in [5, 5.41) is 3.28. The predicted octanol–water partition coefficient (Wildman–Crippen LogP) is 2.33. The van der Waals surface area contributed by atoms with E-state index in [9.17, 15) is 9.59 Å². The van der Waals surface area contributed by atoms with E-state index in [2.05, 4.69) is 5.32 Å². The lowest BCUT2D eigenvalue weighted by Crippen LogP contribution is -2.26. The van der Waals surface area contributed by atoms with Crippen LogP contribution in [-0.2, 0) is 0 Å². The van der Waals surface area contributed by atoms with Gasteiger partial charge in [0.15, 0.2) is 11.6 Å². The molecule has 0 unspecified atom stereocenters. The van der Waals surface area contributed by atoms with Gasteiger partial charge in [-0.3, -0.25) is 9.59 Å². The van der Waals surface area contributed by atoms with Gasteiger partial charge in [0.1, 0.15) is 0 Å². The Balaban J connectivity index is 2.14. The van der Waals surface area contributed by atoms with Crippen LogP contribution in [0.4, 0.5) is 11.4 Å². The van der Waals surface area contributed by atoms with Crippen LogP contribution in [0.15, 0.2) is 30.3 Å². The Labute approximate surface area is 141 Å². The minimum Gasteiger partial charge on any atom is -0.398 e. The van der Waals surface area contributed by atoms with Gasteiger partial charge in [-0.05, 0) is 32.6 Å². The Hall–Kier alpha value is -2.66. The summed E-state index contributed by atoms with van der Waals surface area (Å²) >= 11 is 0. The molecule has 3 rings (SSSR count). The Kier molecular flexibility index (Phi) is 4.11. The van der Waals surface area contributed by atoms with E-state index < -0.39 is 0 Å². The van der Waals surface area contributed by atoms with Gasteiger partial charge < -0.3 is 16.0 Å². The normalized spacial score (nSPS) is 13.0. The van der Waals surface area contributed by atoms with Crippen molar-refractivity contribution in [3.63, 3.8) is 0 Å². The summed E-state index contributed by atoms with van der Waals surface area (Å²) in [7, 11) is 3.96. The molecule has 0 bridgehead atoms. The van der Waals surface area contributed by atoms with E-state index >= 15 is 0 Å². The Morgan fingerprint density at radius 3 is 2.21 bits per heavy atom. The molecule has 5 nitrogen and oxygen atoms in total. The molecular formula is C19H21N3O2. The van der Waals surface area contributed by atoms with Crippen molar-refractivity contribution in [1.29, 1.82) is 0 Å². The Bertz CT molecular complexity index is 841. The van der Waals surface area contributed by atoms with Gasteiger partial charge in [-0.15, -0.1) is 0 Å². The summed E-state index contributed by atoms with van der Waals surface area (Å²) < 4.78 is 0. The van der Waals surface area contributed by atoms with Gasteiger partial charge in [-0.2, -0.15) is 0 Å². The fourth-order valence-electron chi connectivity index (χ4n) is 3.01. The van der Waals surface area contributed by atoms with Crippen molar-refractivity contribution >= 4 is 22.9 Å². The zero-order valence-electron chi connectivity index (χ0n) is 14.1. The third-order valence-electron chi connectivity index (χ3n) is 4.32. The first-order valence-corrected chi connectivity index (χ1v) is 7.92. The summed E-state index contributed by atoms with van der Waals surface area (Å²) in [6.45, 7) is 3.34. The van der Waals surface area contributed by atoms with Crippen LogP contribution in [0.1, 0.15) is 37.4 Å². The quantitative estimate of drug-likeness (QED) is 0.721. The number of aryl methyl sites for hydroxylation is 1. The lowest BCUT2D eigenvalue weighted by Gasteiger charge is -2.24. The number of carbonyl (C=O) groups excluding carboxylic acids is 2. The maximum atomic E-state index is 13.0. The minimum atomic E-state index is -0.183. The van der Waals surface area contributed by atoms with Crippen LogP contribution >= 0.6 is 0 Å². The fraction of sp³-hybridized carbons (Fsp3) is 0.263. The second-order valence-corrected chi connectivity index (χ2v) is 6.34. The highest BCUT2D eigenvalue weighted by molar-refractivity contribution is 6.32. The minimum absolute atomic E-state index is 0.153. The SMILES string of the molecule is Cc1cc(NCCN(C)C)c2c(c1N)C(=O)c1ccccc1C2=O. The van der Waals surface area contributed by atoms with Crippen molar-refractivity contribution in [2.45, 2.75) is 6.92 Å². The summed E-state index contributed by atoms with van der Waals surface area (Å²) in [6, 6.07) is 8.75. The number of anilines is 2. The highest BCUT2D eigenvalue weighted by Crippen LogP contribution is 2.37. The molecule has 0 aromatic heterocycles. The number of likely N-dealkylation sites (N-methyl/N-ethyl adjacent to an activating group) is 1. The zero-order valence-corrected chi connectivity index (χ0v) is 14.1. The van der Waals surface area contributed by atoms with Crippen LogP contribution in [0, 0.1) is 6.92 Å². The maximum absolute atomic E-state index is 13.0. The first-order valence-electron chi connectivity index (χ1n) is 7.92. The van der Waals surface area contributed by atoms with Crippen molar-refractivity contribution in [1.82, 2.24) is 4.90 Å². The zero-order chi connectivity index (χ0) is 17.4. The van der Waals surface area contributed by atoms with E-state index in [0.717, 1.165) is 12.1 Å². The van der Waals surface area contributed by atoms with E-state index in [1.807, 2.05) is 32.0 Å². The van der Waals surface area contributed by atoms with Crippen LogP contribution in [0.3, 0.4) is 0 Å². The largest absolute Gasteiger partial charge is 0.398 e. The highest BCUT2D eigenvalue weighted by atomic mass is 16.1. The molecule has 5 heteroatoms. The molecule has 0 spiro atoms. The van der Waals surface area contributed by atoms with Gasteiger partial charge in [0.05, 0.1) is 11.1 Å². The smallest absolute Gasteiger partial charge is 0.196 e. The third-order valence-corrected chi connectivity index (χ3v) is 4.32. The summed E-state index contributed by atoms with van der Waals surface area (Å²) in [5.74, 6) is -0.337. The standard InChI is InChI=1S/C19H21N3O2/c1-11-10-14(21-8-9-22(2)3)15-16(17(11)20)19(24)13-7-5-4-6-12(13)18(15)23/h4-7,10,21H,8-9,20H2,1-3H3. The molecule has 124 valence electrons. The number of nitrogens with one attached hydrogen (secondary N) is 1. The lowest BCUT2D eigenvalue weighted by molar-refractivity contribution is 0.0980. The summed E-state index contributed by atoms with van der Waals surface area (Å²) in [4.78, 5) is 27.9. The average Bonchev–Trinajstić information content (AvgIpc) is 2.55. The molecule has 1 aliphatic rings. The summed E-state index contributed by atoms with van der Waals surface area (Å²) in [6.07, 6.45) is 0. The third kappa shape index (κ3) is 2.57. The summed E-state index contributed by atoms with van der Waals surface area (Å²) in [5.41, 5.74) is 9.58. The van der Waals surface area contributed by atoms with Crippen LogP contribution in [0.25, 0.3) is 0 Å². The average molecular weight is 323 g/mol. The maximum Gasteiger partial charge on any atom is 0.196 e. The lowest BCUT2D eigenvalue weighted by atomic mass is 9.81. The number of nitrogens with two attached hydrogens (primary N) is 1. The van der Waals surface area contributed by atoms with Crippen molar-refractivity contribution in [2.75, 3.05) is 38.2 Å². The number of hydrogen-bond donors (Lipinski definition) is 2. The first-order chi connectivity index (χ1) is 11.4. The highest BCUT2D eigenvalue weighted by Gasteiger charge is 2.33. The van der Waals surface area contributed by atoms with Crippen molar-refractivity contribution < 1.29 is 9.59 Å². The van der Waals surface area contributed by atoms with Crippen LogP contribution in [0.2, 0.25) is 0 Å². The molecule has 0 aliphatic heterocycles. The number of nitrogen functional groups attached to an aromatic ring is 1. The topological polar surface area (TPSA) is 75.4 Å². The van der Waals surface area contributed by atoms with Gasteiger partial charge in [0.2, 0.25) is 0 Å². The monoisotopic (exact) mass is 323 g/mol. The van der Waals surface area contributed by atoms with E-state index in [1.165, 1.54) is 0 Å². The van der Waals surface area contributed by atoms with Crippen LogP contribution in [0.5, 0.6) is 0 Å². The molecule has 1 aliphatic carbocycles. The molecular weight excluding hydrogens is 302 g/mol. The number of carbonyl (C=O) groups is 2. The number of rotatable bonds is 4. The van der Waals surface area contributed by atoms with Crippen LogP contribution in [-0.4, -0.2) is 43.7 Å². The molecule has 0 fully saturated rings. The molecule has 0 heterocycles. The van der Waals surface area contributed by atoms with Gasteiger partial charge in [-0.25, -0.2) is 0 Å². The fourth-order valence-corrected chi connectivity index (χ4v) is 3.01.